The summed E-state index contributed by atoms with van der Waals surface area (Å²) in [6.45, 7) is 2.78. The molecule has 1 aromatic heterocycles. The SMILES string of the molecule is COc1cnc2ccccc2c1C(=O)N1C[C@@H](C)[C@H](C(N)=O)C1. The fourth-order valence-corrected chi connectivity index (χ4v) is 3.16. The van der Waals surface area contributed by atoms with Gasteiger partial charge < -0.3 is 15.4 Å². The second-order valence-corrected chi connectivity index (χ2v) is 5.92. The van der Waals surface area contributed by atoms with Crippen LogP contribution in [0.1, 0.15) is 17.3 Å². The van der Waals surface area contributed by atoms with E-state index in [-0.39, 0.29) is 23.7 Å². The van der Waals surface area contributed by atoms with Crippen molar-refractivity contribution in [2.24, 2.45) is 17.6 Å². The molecule has 1 aliphatic heterocycles. The average molecular weight is 313 g/mol. The lowest BCUT2D eigenvalue weighted by molar-refractivity contribution is -0.122. The quantitative estimate of drug-likeness (QED) is 0.929. The number of carbonyl (C=O) groups is 2. The topological polar surface area (TPSA) is 85.5 Å². The van der Waals surface area contributed by atoms with Gasteiger partial charge in [-0.3, -0.25) is 14.6 Å². The van der Waals surface area contributed by atoms with E-state index in [1.165, 1.54) is 7.11 Å². The van der Waals surface area contributed by atoms with Gasteiger partial charge in [-0.1, -0.05) is 25.1 Å². The molecule has 120 valence electrons. The second kappa shape index (κ2) is 5.87. The minimum Gasteiger partial charge on any atom is -0.494 e. The Kier molecular flexibility index (Phi) is 3.90. The Morgan fingerprint density at radius 2 is 2.04 bits per heavy atom. The van der Waals surface area contributed by atoms with Gasteiger partial charge >= 0.3 is 0 Å². The Balaban J connectivity index is 2.03. The first-order chi connectivity index (χ1) is 11.0. The normalized spacial score (nSPS) is 20.7. The summed E-state index contributed by atoms with van der Waals surface area (Å²) >= 11 is 0. The van der Waals surface area contributed by atoms with Crippen LogP contribution in [0.25, 0.3) is 10.9 Å². The van der Waals surface area contributed by atoms with Crippen molar-refractivity contribution >= 4 is 22.7 Å². The molecule has 2 heterocycles. The zero-order chi connectivity index (χ0) is 16.6. The number of amides is 2. The number of ether oxygens (including phenoxy) is 1. The molecular formula is C17H19N3O3. The third kappa shape index (κ3) is 2.60. The first-order valence-corrected chi connectivity index (χ1v) is 7.53. The molecule has 2 atom stereocenters. The van der Waals surface area contributed by atoms with E-state index in [1.807, 2.05) is 31.2 Å². The highest BCUT2D eigenvalue weighted by Gasteiger charge is 2.37. The number of rotatable bonds is 3. The Hall–Kier alpha value is -2.63. The Bertz CT molecular complexity index is 775. The molecule has 0 unspecified atom stereocenters. The van der Waals surface area contributed by atoms with Crippen LogP contribution < -0.4 is 10.5 Å². The lowest BCUT2D eigenvalue weighted by Gasteiger charge is -2.19. The molecule has 0 bridgehead atoms. The molecule has 2 N–H and O–H groups in total. The molecule has 1 aromatic carbocycles. The number of carbonyl (C=O) groups excluding carboxylic acids is 2. The highest BCUT2D eigenvalue weighted by molar-refractivity contribution is 6.08. The largest absolute Gasteiger partial charge is 0.494 e. The summed E-state index contributed by atoms with van der Waals surface area (Å²) in [7, 11) is 1.52. The number of pyridine rings is 1. The van der Waals surface area contributed by atoms with E-state index in [0.29, 0.717) is 24.4 Å². The van der Waals surface area contributed by atoms with Crippen LogP contribution in [-0.4, -0.2) is 41.9 Å². The number of aromatic nitrogens is 1. The van der Waals surface area contributed by atoms with Gasteiger partial charge in [0.25, 0.3) is 5.91 Å². The molecule has 23 heavy (non-hydrogen) atoms. The van der Waals surface area contributed by atoms with E-state index in [9.17, 15) is 9.59 Å². The molecule has 6 nitrogen and oxygen atoms in total. The molecule has 0 aliphatic carbocycles. The standard InChI is InChI=1S/C17H19N3O3/c1-10-8-20(9-12(10)16(18)21)17(22)15-11-5-3-4-6-13(11)19-7-14(15)23-2/h3-7,10,12H,8-9H2,1-2H3,(H2,18,21)/t10-,12-/m1/s1. The molecule has 1 fully saturated rings. The van der Waals surface area contributed by atoms with Gasteiger partial charge in [-0.2, -0.15) is 0 Å². The van der Waals surface area contributed by atoms with Crippen LogP contribution in [-0.2, 0) is 4.79 Å². The van der Waals surface area contributed by atoms with E-state index in [0.717, 1.165) is 10.9 Å². The van der Waals surface area contributed by atoms with Gasteiger partial charge in [0, 0.05) is 18.5 Å². The van der Waals surface area contributed by atoms with Crippen LogP contribution in [0.15, 0.2) is 30.5 Å². The second-order valence-electron chi connectivity index (χ2n) is 5.92. The number of methoxy groups -OCH3 is 1. The number of fused-ring (bicyclic) bond motifs is 1. The Morgan fingerprint density at radius 3 is 2.70 bits per heavy atom. The maximum atomic E-state index is 13.0. The third-order valence-electron chi connectivity index (χ3n) is 4.44. The summed E-state index contributed by atoms with van der Waals surface area (Å²) in [6, 6.07) is 7.43. The zero-order valence-corrected chi connectivity index (χ0v) is 13.2. The molecule has 2 aromatic rings. The van der Waals surface area contributed by atoms with Gasteiger partial charge in [0.05, 0.1) is 30.3 Å². The smallest absolute Gasteiger partial charge is 0.258 e. The van der Waals surface area contributed by atoms with Crippen LogP contribution in [0.4, 0.5) is 0 Å². The van der Waals surface area contributed by atoms with Gasteiger partial charge in [0.15, 0.2) is 5.75 Å². The predicted octanol–water partition coefficient (Wildman–Crippen LogP) is 1.44. The molecule has 1 aliphatic rings. The first-order valence-electron chi connectivity index (χ1n) is 7.53. The maximum absolute atomic E-state index is 13.0. The number of nitrogens with zero attached hydrogens (tertiary/aromatic N) is 2. The van der Waals surface area contributed by atoms with Gasteiger partial charge in [0.1, 0.15) is 0 Å². The molecule has 0 radical (unpaired) electrons. The molecule has 2 amide bonds. The number of para-hydroxylation sites is 1. The summed E-state index contributed by atoms with van der Waals surface area (Å²) in [5, 5.41) is 0.743. The Morgan fingerprint density at radius 1 is 1.30 bits per heavy atom. The summed E-state index contributed by atoms with van der Waals surface area (Å²) in [4.78, 5) is 30.5. The summed E-state index contributed by atoms with van der Waals surface area (Å²) in [5.41, 5.74) is 6.64. The molecule has 6 heteroatoms. The van der Waals surface area contributed by atoms with Crippen LogP contribution in [0.3, 0.4) is 0 Å². The molecule has 1 saturated heterocycles. The van der Waals surface area contributed by atoms with Gasteiger partial charge in [-0.25, -0.2) is 0 Å². The summed E-state index contributed by atoms with van der Waals surface area (Å²) < 4.78 is 5.33. The van der Waals surface area contributed by atoms with Gasteiger partial charge in [0.2, 0.25) is 5.91 Å². The van der Waals surface area contributed by atoms with Gasteiger partial charge in [-0.15, -0.1) is 0 Å². The maximum Gasteiger partial charge on any atom is 0.258 e. The molecule has 3 rings (SSSR count). The average Bonchev–Trinajstić information content (AvgIpc) is 2.95. The fraction of sp³-hybridized carbons (Fsp3) is 0.353. The minimum atomic E-state index is -0.362. The first kappa shape index (κ1) is 15.3. The minimum absolute atomic E-state index is 0.0514. The van der Waals surface area contributed by atoms with Crippen molar-refractivity contribution in [3.8, 4) is 5.75 Å². The predicted molar refractivity (Wildman–Crippen MR) is 86.0 cm³/mol. The number of benzene rings is 1. The van der Waals surface area contributed by atoms with E-state index in [4.69, 9.17) is 10.5 Å². The zero-order valence-electron chi connectivity index (χ0n) is 13.2. The van der Waals surface area contributed by atoms with Crippen molar-refractivity contribution in [2.45, 2.75) is 6.92 Å². The molecule has 0 spiro atoms. The lowest BCUT2D eigenvalue weighted by atomic mass is 9.98. The van der Waals surface area contributed by atoms with Crippen molar-refractivity contribution in [2.75, 3.05) is 20.2 Å². The van der Waals surface area contributed by atoms with E-state index >= 15 is 0 Å². The van der Waals surface area contributed by atoms with E-state index in [2.05, 4.69) is 4.98 Å². The number of hydrogen-bond donors (Lipinski definition) is 1. The lowest BCUT2D eigenvalue weighted by Crippen LogP contribution is -2.32. The highest BCUT2D eigenvalue weighted by Crippen LogP contribution is 2.30. The van der Waals surface area contributed by atoms with Crippen molar-refractivity contribution < 1.29 is 14.3 Å². The number of hydrogen-bond acceptors (Lipinski definition) is 4. The van der Waals surface area contributed by atoms with Crippen LogP contribution in [0, 0.1) is 11.8 Å². The van der Waals surface area contributed by atoms with Crippen LogP contribution >= 0.6 is 0 Å². The van der Waals surface area contributed by atoms with Crippen LogP contribution in [0.2, 0.25) is 0 Å². The van der Waals surface area contributed by atoms with Crippen LogP contribution in [0.5, 0.6) is 5.75 Å². The van der Waals surface area contributed by atoms with Crippen molar-refractivity contribution in [3.63, 3.8) is 0 Å². The monoisotopic (exact) mass is 313 g/mol. The van der Waals surface area contributed by atoms with E-state index in [1.54, 1.807) is 11.1 Å². The Labute approximate surface area is 134 Å². The number of likely N-dealkylation sites (tertiary alicyclic amines) is 1. The summed E-state index contributed by atoms with van der Waals surface area (Å²) in [5.74, 6) is -0.340. The fourth-order valence-electron chi connectivity index (χ4n) is 3.16. The molecule has 0 saturated carbocycles. The highest BCUT2D eigenvalue weighted by atomic mass is 16.5. The number of nitrogens with two attached hydrogens (primary N) is 1. The van der Waals surface area contributed by atoms with Crippen molar-refractivity contribution in [1.29, 1.82) is 0 Å². The molecular weight excluding hydrogens is 294 g/mol. The third-order valence-corrected chi connectivity index (χ3v) is 4.44. The van der Waals surface area contributed by atoms with E-state index < -0.39 is 0 Å². The number of primary amides is 1. The van der Waals surface area contributed by atoms with Gasteiger partial charge in [-0.05, 0) is 12.0 Å². The van der Waals surface area contributed by atoms with Crippen molar-refractivity contribution in [3.05, 3.63) is 36.0 Å². The summed E-state index contributed by atoms with van der Waals surface area (Å²) in [6.07, 6.45) is 1.56. The van der Waals surface area contributed by atoms with Crippen molar-refractivity contribution in [1.82, 2.24) is 9.88 Å².